The second-order valence-electron chi connectivity index (χ2n) is 4.51. The molecule has 0 fully saturated rings. The summed E-state index contributed by atoms with van der Waals surface area (Å²) in [5.74, 6) is -0.235. The molecule has 0 saturated carbocycles. The molecule has 0 aliphatic heterocycles. The van der Waals surface area contributed by atoms with E-state index in [4.69, 9.17) is 4.42 Å². The molecule has 100 valence electrons. The highest BCUT2D eigenvalue weighted by Gasteiger charge is 2.11. The van der Waals surface area contributed by atoms with E-state index >= 15 is 0 Å². The highest BCUT2D eigenvalue weighted by molar-refractivity contribution is 5.79. The van der Waals surface area contributed by atoms with Gasteiger partial charge in [-0.05, 0) is 29.2 Å². The number of H-pyrrole nitrogens is 1. The summed E-state index contributed by atoms with van der Waals surface area (Å²) in [4.78, 5) is 11.1. The van der Waals surface area contributed by atoms with Crippen LogP contribution < -0.4 is 5.76 Å². The predicted octanol–water partition coefficient (Wildman–Crippen LogP) is 3.26. The van der Waals surface area contributed by atoms with E-state index in [-0.39, 0.29) is 0 Å². The summed E-state index contributed by atoms with van der Waals surface area (Å²) in [6.07, 6.45) is 1.01. The molecular weight excluding hydrogens is 252 g/mol. The lowest BCUT2D eigenvalue weighted by atomic mass is 9.98. The largest absolute Gasteiger partial charge is 0.434 e. The molecule has 0 unspecified atom stereocenters. The van der Waals surface area contributed by atoms with E-state index in [2.05, 4.69) is 41.4 Å². The molecule has 3 aromatic rings. The van der Waals surface area contributed by atoms with E-state index in [1.54, 1.807) is 0 Å². The van der Waals surface area contributed by atoms with Crippen LogP contribution in [0.1, 0.15) is 12.5 Å². The first-order valence-corrected chi connectivity index (χ1v) is 6.52. The molecule has 0 radical (unpaired) electrons. The fourth-order valence-electron chi connectivity index (χ4n) is 2.19. The van der Waals surface area contributed by atoms with Crippen molar-refractivity contribution in [1.82, 2.24) is 10.2 Å². The number of hydrogen-bond acceptors (Lipinski definition) is 3. The van der Waals surface area contributed by atoms with Crippen LogP contribution >= 0.6 is 0 Å². The average Bonchev–Trinajstić information content (AvgIpc) is 2.94. The molecule has 0 saturated heterocycles. The van der Waals surface area contributed by atoms with Crippen LogP contribution in [0, 0.1) is 0 Å². The third kappa shape index (κ3) is 2.28. The number of nitrogens with one attached hydrogen (secondary N) is 1. The molecule has 3 rings (SSSR count). The minimum atomic E-state index is -0.545. The molecule has 1 heterocycles. The maximum Gasteiger partial charge on any atom is 0.434 e. The normalized spacial score (nSPS) is 10.7. The SMILES string of the molecule is CCc1ccc(-c2ccccc2-c2n[nH]c(=O)o2)cc1. The fourth-order valence-corrected chi connectivity index (χ4v) is 2.19. The predicted molar refractivity (Wildman–Crippen MR) is 77.4 cm³/mol. The van der Waals surface area contributed by atoms with Gasteiger partial charge < -0.3 is 4.42 Å². The Morgan fingerprint density at radius 1 is 1.05 bits per heavy atom. The van der Waals surface area contributed by atoms with Gasteiger partial charge in [0.25, 0.3) is 0 Å². The zero-order chi connectivity index (χ0) is 13.9. The Labute approximate surface area is 116 Å². The van der Waals surface area contributed by atoms with Gasteiger partial charge in [-0.2, -0.15) is 0 Å². The summed E-state index contributed by atoms with van der Waals surface area (Å²) in [5, 5.41) is 6.19. The average molecular weight is 266 g/mol. The number of nitrogens with zero attached hydrogens (tertiary/aromatic N) is 1. The van der Waals surface area contributed by atoms with Gasteiger partial charge in [-0.3, -0.25) is 0 Å². The van der Waals surface area contributed by atoms with E-state index in [0.717, 1.165) is 23.1 Å². The van der Waals surface area contributed by atoms with Crippen molar-refractivity contribution in [2.24, 2.45) is 0 Å². The number of benzene rings is 2. The topological polar surface area (TPSA) is 58.9 Å². The molecule has 0 aliphatic rings. The monoisotopic (exact) mass is 266 g/mol. The van der Waals surface area contributed by atoms with Gasteiger partial charge in [-0.15, -0.1) is 5.10 Å². The summed E-state index contributed by atoms with van der Waals surface area (Å²) in [5.41, 5.74) is 4.15. The third-order valence-electron chi connectivity index (χ3n) is 3.27. The first-order chi connectivity index (χ1) is 9.78. The number of rotatable bonds is 3. The quantitative estimate of drug-likeness (QED) is 0.791. The molecule has 20 heavy (non-hydrogen) atoms. The number of aromatic amines is 1. The van der Waals surface area contributed by atoms with Crippen LogP contribution in [0.5, 0.6) is 0 Å². The lowest BCUT2D eigenvalue weighted by Crippen LogP contribution is -1.93. The Hall–Kier alpha value is -2.62. The summed E-state index contributed by atoms with van der Waals surface area (Å²) in [7, 11) is 0. The molecule has 0 aliphatic carbocycles. The third-order valence-corrected chi connectivity index (χ3v) is 3.27. The summed E-state index contributed by atoms with van der Waals surface area (Å²) in [6, 6.07) is 16.1. The molecule has 4 nitrogen and oxygen atoms in total. The van der Waals surface area contributed by atoms with E-state index in [1.807, 2.05) is 24.3 Å². The molecule has 0 bridgehead atoms. The minimum absolute atomic E-state index is 0.310. The molecule has 0 spiro atoms. The molecule has 2 aromatic carbocycles. The molecule has 4 heteroatoms. The van der Waals surface area contributed by atoms with E-state index in [9.17, 15) is 4.79 Å². The van der Waals surface area contributed by atoms with Crippen molar-refractivity contribution < 1.29 is 4.42 Å². The Bertz CT molecular complexity index is 769. The standard InChI is InChI=1S/C16H14N2O2/c1-2-11-7-9-12(10-8-11)13-5-3-4-6-14(13)15-17-18-16(19)20-15/h3-10H,2H2,1H3,(H,18,19). The van der Waals surface area contributed by atoms with Crippen LogP contribution in [0.2, 0.25) is 0 Å². The van der Waals surface area contributed by atoms with E-state index in [1.165, 1.54) is 5.56 Å². The smallest absolute Gasteiger partial charge is 0.388 e. The Morgan fingerprint density at radius 2 is 1.75 bits per heavy atom. The summed E-state index contributed by atoms with van der Waals surface area (Å²) < 4.78 is 5.05. The van der Waals surface area contributed by atoms with Crippen LogP contribution in [0.25, 0.3) is 22.6 Å². The fraction of sp³-hybridized carbons (Fsp3) is 0.125. The van der Waals surface area contributed by atoms with Crippen LogP contribution in [-0.2, 0) is 6.42 Å². The van der Waals surface area contributed by atoms with Gasteiger partial charge >= 0.3 is 5.76 Å². The number of aromatic nitrogens is 2. The maximum absolute atomic E-state index is 11.1. The first kappa shape index (κ1) is 12.4. The van der Waals surface area contributed by atoms with Crippen LogP contribution in [0.4, 0.5) is 0 Å². The second-order valence-corrected chi connectivity index (χ2v) is 4.51. The summed E-state index contributed by atoms with van der Waals surface area (Å²) >= 11 is 0. The zero-order valence-electron chi connectivity index (χ0n) is 11.1. The van der Waals surface area contributed by atoms with Crippen molar-refractivity contribution in [2.45, 2.75) is 13.3 Å². The van der Waals surface area contributed by atoms with Crippen molar-refractivity contribution in [2.75, 3.05) is 0 Å². The first-order valence-electron chi connectivity index (χ1n) is 6.52. The van der Waals surface area contributed by atoms with Crippen LogP contribution in [-0.4, -0.2) is 10.2 Å². The number of aryl methyl sites for hydroxylation is 1. The van der Waals surface area contributed by atoms with E-state index < -0.39 is 5.76 Å². The molecular formula is C16H14N2O2. The van der Waals surface area contributed by atoms with Gasteiger partial charge in [0.15, 0.2) is 0 Å². The van der Waals surface area contributed by atoms with Crippen molar-refractivity contribution in [3.05, 3.63) is 64.6 Å². The van der Waals surface area contributed by atoms with Gasteiger partial charge in [0.2, 0.25) is 5.89 Å². The lowest BCUT2D eigenvalue weighted by Gasteiger charge is -2.07. The lowest BCUT2D eigenvalue weighted by molar-refractivity contribution is 0.527. The van der Waals surface area contributed by atoms with Crippen molar-refractivity contribution in [3.63, 3.8) is 0 Å². The van der Waals surface area contributed by atoms with Crippen molar-refractivity contribution in [1.29, 1.82) is 0 Å². The molecule has 1 aromatic heterocycles. The molecule has 0 amide bonds. The summed E-state index contributed by atoms with van der Waals surface area (Å²) in [6.45, 7) is 2.13. The second kappa shape index (κ2) is 5.17. The van der Waals surface area contributed by atoms with Crippen molar-refractivity contribution in [3.8, 4) is 22.6 Å². The van der Waals surface area contributed by atoms with Crippen LogP contribution in [0.15, 0.2) is 57.7 Å². The van der Waals surface area contributed by atoms with Gasteiger partial charge in [0, 0.05) is 5.56 Å². The maximum atomic E-state index is 11.1. The van der Waals surface area contributed by atoms with Gasteiger partial charge in [-0.25, -0.2) is 9.89 Å². The van der Waals surface area contributed by atoms with Gasteiger partial charge in [0.05, 0.1) is 0 Å². The van der Waals surface area contributed by atoms with Crippen LogP contribution in [0.3, 0.4) is 0 Å². The Kier molecular flexibility index (Phi) is 3.21. The highest BCUT2D eigenvalue weighted by atomic mass is 16.4. The van der Waals surface area contributed by atoms with Crippen molar-refractivity contribution >= 4 is 0 Å². The Morgan fingerprint density at radius 3 is 2.35 bits per heavy atom. The molecule has 1 N–H and O–H groups in total. The van der Waals surface area contributed by atoms with Gasteiger partial charge in [-0.1, -0.05) is 49.4 Å². The van der Waals surface area contributed by atoms with E-state index in [0.29, 0.717) is 5.89 Å². The minimum Gasteiger partial charge on any atom is -0.388 e. The number of hydrogen-bond donors (Lipinski definition) is 1. The highest BCUT2D eigenvalue weighted by Crippen LogP contribution is 2.30. The van der Waals surface area contributed by atoms with Gasteiger partial charge in [0.1, 0.15) is 0 Å². The Balaban J connectivity index is 2.11. The zero-order valence-corrected chi connectivity index (χ0v) is 11.1. The molecule has 0 atom stereocenters.